The topological polar surface area (TPSA) is 162 Å². The van der Waals surface area contributed by atoms with Crippen LogP contribution in [0.1, 0.15) is 32.9 Å². The number of anilines is 1. The summed E-state index contributed by atoms with van der Waals surface area (Å²) in [5.41, 5.74) is 10.4. The maximum absolute atomic E-state index is 12.1. The number of carbonyl (C=O) groups excluding carboxylic acids is 1. The summed E-state index contributed by atoms with van der Waals surface area (Å²) in [6.45, 7) is 5.38. The van der Waals surface area contributed by atoms with E-state index in [2.05, 4.69) is 10.1 Å². The molecule has 2 aromatic heterocycles. The number of aliphatic hydroxyl groups is 1. The van der Waals surface area contributed by atoms with Crippen LogP contribution in [0.25, 0.3) is 5.52 Å². The first-order valence-electron chi connectivity index (χ1n) is 8.88. The van der Waals surface area contributed by atoms with Crippen molar-refractivity contribution < 1.29 is 19.4 Å². The summed E-state index contributed by atoms with van der Waals surface area (Å²) < 4.78 is 12.5. The summed E-state index contributed by atoms with van der Waals surface area (Å²) in [6, 6.07) is 4.51. The minimum Gasteiger partial charge on any atom is -0.462 e. The summed E-state index contributed by atoms with van der Waals surface area (Å²) in [4.78, 5) is 16.0. The molecule has 28 heavy (non-hydrogen) atoms. The lowest BCUT2D eigenvalue weighted by Crippen LogP contribution is -2.44. The zero-order chi connectivity index (χ0) is 20.7. The third kappa shape index (κ3) is 3.28. The van der Waals surface area contributed by atoms with Crippen molar-refractivity contribution in [3.63, 3.8) is 0 Å². The van der Waals surface area contributed by atoms with E-state index in [1.807, 2.05) is 26.8 Å². The second-order valence-corrected chi connectivity index (χ2v) is 7.97. The number of nitrogen functional groups attached to an aromatic ring is 1. The molecule has 0 unspecified atom stereocenters. The van der Waals surface area contributed by atoms with Crippen molar-refractivity contribution in [2.75, 3.05) is 12.3 Å². The van der Waals surface area contributed by atoms with Crippen LogP contribution in [0.15, 0.2) is 18.5 Å². The highest BCUT2D eigenvalue weighted by atomic mass is 16.6. The number of fused-ring (bicyclic) bond motifs is 1. The van der Waals surface area contributed by atoms with Crippen LogP contribution in [0.4, 0.5) is 5.82 Å². The Balaban J connectivity index is 1.80. The second-order valence-electron chi connectivity index (χ2n) is 7.97. The van der Waals surface area contributed by atoms with Gasteiger partial charge in [0.1, 0.15) is 36.7 Å². The van der Waals surface area contributed by atoms with Crippen LogP contribution in [0.5, 0.6) is 0 Å². The molecular weight excluding hydrogens is 364 g/mol. The molecule has 150 valence electrons. The van der Waals surface area contributed by atoms with Crippen LogP contribution in [0.2, 0.25) is 0 Å². The zero-order valence-corrected chi connectivity index (χ0v) is 16.0. The van der Waals surface area contributed by atoms with Crippen LogP contribution in [-0.2, 0) is 19.9 Å². The summed E-state index contributed by atoms with van der Waals surface area (Å²) >= 11 is 0. The van der Waals surface area contributed by atoms with Gasteiger partial charge in [0.25, 0.3) is 0 Å². The monoisotopic (exact) mass is 388 g/mol. The molecular formula is C18H24N6O4. The highest BCUT2D eigenvalue weighted by Gasteiger charge is 2.52. The van der Waals surface area contributed by atoms with E-state index in [0.29, 0.717) is 11.2 Å². The van der Waals surface area contributed by atoms with Crippen molar-refractivity contribution >= 4 is 17.3 Å². The van der Waals surface area contributed by atoms with Gasteiger partial charge in [-0.15, -0.1) is 0 Å². The van der Waals surface area contributed by atoms with Gasteiger partial charge >= 0.3 is 5.97 Å². The molecule has 10 nitrogen and oxygen atoms in total. The Morgan fingerprint density at radius 3 is 2.93 bits per heavy atom. The molecule has 1 aliphatic heterocycles. The molecule has 1 aliphatic rings. The first kappa shape index (κ1) is 20.0. The third-order valence-electron chi connectivity index (χ3n) is 4.93. The molecule has 0 amide bonds. The van der Waals surface area contributed by atoms with Crippen LogP contribution in [-0.4, -0.2) is 50.5 Å². The standard InChI is InChI=1S/C18H24N6O4/c1-17(2,3)14(20)16(26)27-7-10-6-13(25)18(8-19,28-10)12-5-4-11-15(21)22-9-23-24(11)12/h4-5,9-10,13-14,25H,6-7,20H2,1-3H3,(H2,21,22,23)/t10-,13+,14+,18-/m0/s1. The molecule has 0 aliphatic carbocycles. The van der Waals surface area contributed by atoms with Gasteiger partial charge in [0.05, 0.1) is 11.8 Å². The van der Waals surface area contributed by atoms with Crippen LogP contribution in [0, 0.1) is 16.7 Å². The van der Waals surface area contributed by atoms with E-state index < -0.39 is 35.2 Å². The van der Waals surface area contributed by atoms with Crippen molar-refractivity contribution in [1.82, 2.24) is 14.6 Å². The first-order chi connectivity index (χ1) is 13.1. The number of nitrogens with zero attached hydrogens (tertiary/aromatic N) is 4. The third-order valence-corrected chi connectivity index (χ3v) is 4.93. The average molecular weight is 388 g/mol. The molecule has 0 aromatic carbocycles. The van der Waals surface area contributed by atoms with Crippen molar-refractivity contribution in [1.29, 1.82) is 5.26 Å². The quantitative estimate of drug-likeness (QED) is 0.616. The van der Waals surface area contributed by atoms with E-state index in [9.17, 15) is 15.2 Å². The van der Waals surface area contributed by atoms with Crippen molar-refractivity contribution in [3.05, 3.63) is 24.2 Å². The predicted molar refractivity (Wildman–Crippen MR) is 98.6 cm³/mol. The number of ether oxygens (including phenoxy) is 2. The van der Waals surface area contributed by atoms with Gasteiger partial charge in [-0.1, -0.05) is 20.8 Å². The van der Waals surface area contributed by atoms with Gasteiger partial charge < -0.3 is 26.0 Å². The maximum atomic E-state index is 12.1. The maximum Gasteiger partial charge on any atom is 0.323 e. The number of carbonyl (C=O) groups is 1. The Labute approximate surface area is 162 Å². The largest absolute Gasteiger partial charge is 0.462 e. The number of aromatic nitrogens is 3. The van der Waals surface area contributed by atoms with Gasteiger partial charge in [0.2, 0.25) is 5.60 Å². The van der Waals surface area contributed by atoms with E-state index in [0.717, 1.165) is 0 Å². The number of hydrogen-bond donors (Lipinski definition) is 3. The van der Waals surface area contributed by atoms with Crippen molar-refractivity contribution in [3.8, 4) is 6.07 Å². The number of hydrogen-bond acceptors (Lipinski definition) is 9. The molecule has 3 heterocycles. The minimum absolute atomic E-state index is 0.111. The Kier molecular flexibility index (Phi) is 5.01. The minimum atomic E-state index is -1.67. The molecule has 10 heteroatoms. The molecule has 2 aromatic rings. The second kappa shape index (κ2) is 7.01. The normalized spacial score (nSPS) is 26.1. The van der Waals surface area contributed by atoms with E-state index in [1.165, 1.54) is 10.8 Å². The SMILES string of the molecule is CC(C)(C)[C@H](N)C(=O)OC[C@@H]1C[C@@H](O)[C@](C#N)(c2ccc3c(N)ncnn23)O1. The lowest BCUT2D eigenvalue weighted by Gasteiger charge is -2.26. The molecule has 1 fully saturated rings. The van der Waals surface area contributed by atoms with Gasteiger partial charge in [-0.05, 0) is 17.5 Å². The molecule has 3 rings (SSSR count). The molecule has 4 atom stereocenters. The van der Waals surface area contributed by atoms with Crippen LogP contribution < -0.4 is 11.5 Å². The van der Waals surface area contributed by atoms with Crippen LogP contribution >= 0.6 is 0 Å². The van der Waals surface area contributed by atoms with Gasteiger partial charge in [0.15, 0.2) is 5.82 Å². The fraction of sp³-hybridized carbons (Fsp3) is 0.556. The lowest BCUT2D eigenvalue weighted by atomic mass is 9.87. The molecule has 1 saturated heterocycles. The Hall–Kier alpha value is -2.74. The molecule has 5 N–H and O–H groups in total. The average Bonchev–Trinajstić information content (AvgIpc) is 3.20. The summed E-state index contributed by atoms with van der Waals surface area (Å²) in [5, 5.41) is 24.5. The Morgan fingerprint density at radius 2 is 2.29 bits per heavy atom. The van der Waals surface area contributed by atoms with Crippen LogP contribution in [0.3, 0.4) is 0 Å². The molecule has 0 saturated carbocycles. The van der Waals surface area contributed by atoms with Gasteiger partial charge in [-0.25, -0.2) is 9.50 Å². The van der Waals surface area contributed by atoms with E-state index in [4.69, 9.17) is 20.9 Å². The first-order valence-corrected chi connectivity index (χ1v) is 8.88. The van der Waals surface area contributed by atoms with E-state index >= 15 is 0 Å². The fourth-order valence-corrected chi connectivity index (χ4v) is 3.15. The summed E-state index contributed by atoms with van der Waals surface area (Å²) in [5.74, 6) is -0.322. The summed E-state index contributed by atoms with van der Waals surface area (Å²) in [7, 11) is 0. The van der Waals surface area contributed by atoms with E-state index in [1.54, 1.807) is 12.1 Å². The van der Waals surface area contributed by atoms with Crippen molar-refractivity contribution in [2.24, 2.45) is 11.1 Å². The van der Waals surface area contributed by atoms with E-state index in [-0.39, 0.29) is 18.8 Å². The number of esters is 1. The number of aliphatic hydroxyl groups excluding tert-OH is 1. The van der Waals surface area contributed by atoms with Gasteiger partial charge in [0, 0.05) is 6.42 Å². The Bertz CT molecular complexity index is 930. The highest BCUT2D eigenvalue weighted by Crippen LogP contribution is 2.40. The smallest absolute Gasteiger partial charge is 0.323 e. The van der Waals surface area contributed by atoms with Crippen molar-refractivity contribution in [2.45, 2.75) is 51.0 Å². The predicted octanol–water partition coefficient (Wildman–Crippen LogP) is 0.0968. The lowest BCUT2D eigenvalue weighted by molar-refractivity contribution is -0.153. The highest BCUT2D eigenvalue weighted by molar-refractivity contribution is 5.76. The molecule has 0 bridgehead atoms. The Morgan fingerprint density at radius 1 is 1.57 bits per heavy atom. The van der Waals surface area contributed by atoms with Gasteiger partial charge in [-0.3, -0.25) is 4.79 Å². The zero-order valence-electron chi connectivity index (χ0n) is 16.0. The number of nitrogens with two attached hydrogens (primary N) is 2. The molecule has 0 radical (unpaired) electrons. The van der Waals surface area contributed by atoms with Gasteiger partial charge in [-0.2, -0.15) is 10.4 Å². The fourth-order valence-electron chi connectivity index (χ4n) is 3.15. The molecule has 0 spiro atoms. The number of rotatable bonds is 4. The number of nitriles is 1. The summed E-state index contributed by atoms with van der Waals surface area (Å²) in [6.07, 6.45) is -0.451.